The minimum absolute atomic E-state index is 0.0185. The van der Waals surface area contributed by atoms with Gasteiger partial charge in [0.05, 0.1) is 16.8 Å². The first-order valence-electron chi connectivity index (χ1n) is 9.57. The number of thiophene rings is 1. The molecule has 0 saturated carbocycles. The van der Waals surface area contributed by atoms with Gasteiger partial charge in [-0.3, -0.25) is 4.79 Å². The van der Waals surface area contributed by atoms with E-state index in [1.807, 2.05) is 12.1 Å². The van der Waals surface area contributed by atoms with Crippen LogP contribution in [0.2, 0.25) is 0 Å². The number of anilines is 1. The number of nitrogens with zero attached hydrogens (tertiary/aromatic N) is 1. The molecule has 2 aromatic heterocycles. The van der Waals surface area contributed by atoms with Crippen LogP contribution in [0.15, 0.2) is 22.7 Å². The Morgan fingerprint density at radius 1 is 1.34 bits per heavy atom. The molecule has 3 N–H and O–H groups in total. The Balaban J connectivity index is 1.60. The van der Waals surface area contributed by atoms with Crippen LogP contribution < -0.4 is 16.0 Å². The first kappa shape index (κ1) is 20.9. The number of para-hydroxylation sites is 1. The van der Waals surface area contributed by atoms with Crippen LogP contribution in [0.3, 0.4) is 0 Å². The number of rotatable bonds is 8. The van der Waals surface area contributed by atoms with Gasteiger partial charge in [-0.2, -0.15) is 0 Å². The van der Waals surface area contributed by atoms with Crippen molar-refractivity contribution in [1.82, 2.24) is 15.6 Å². The van der Waals surface area contributed by atoms with Gasteiger partial charge >= 0.3 is 0 Å². The molecule has 0 aliphatic carbocycles. The van der Waals surface area contributed by atoms with Crippen LogP contribution in [0.5, 0.6) is 0 Å². The second-order valence-electron chi connectivity index (χ2n) is 6.78. The number of halogens is 1. The van der Waals surface area contributed by atoms with Crippen LogP contribution in [0.4, 0.5) is 5.00 Å². The van der Waals surface area contributed by atoms with Crippen molar-refractivity contribution in [2.24, 2.45) is 0 Å². The SMILES string of the molecule is COCCNCCC(=O)Nc1sc2c(c1-c1nc3c(Br)cccc3s1)CCNC2. The predicted molar refractivity (Wildman–Crippen MR) is 124 cm³/mol. The zero-order chi connectivity index (χ0) is 20.2. The van der Waals surface area contributed by atoms with Crippen LogP contribution >= 0.6 is 38.6 Å². The molecular formula is C20H23BrN4O2S2. The molecule has 154 valence electrons. The van der Waals surface area contributed by atoms with Crippen molar-refractivity contribution in [2.75, 3.05) is 38.7 Å². The van der Waals surface area contributed by atoms with Gasteiger partial charge in [-0.05, 0) is 46.6 Å². The molecule has 0 atom stereocenters. The van der Waals surface area contributed by atoms with Crippen molar-refractivity contribution in [3.63, 3.8) is 0 Å². The second kappa shape index (κ2) is 9.63. The fourth-order valence-electron chi connectivity index (χ4n) is 3.36. The smallest absolute Gasteiger partial charge is 0.226 e. The zero-order valence-corrected chi connectivity index (χ0v) is 19.4. The van der Waals surface area contributed by atoms with Gasteiger partial charge in [-0.1, -0.05) is 6.07 Å². The number of hydrogen-bond donors (Lipinski definition) is 3. The average Bonchev–Trinajstić information content (AvgIpc) is 3.29. The maximum atomic E-state index is 12.6. The van der Waals surface area contributed by atoms with Crippen LogP contribution in [0, 0.1) is 0 Å². The number of nitrogens with one attached hydrogen (secondary N) is 3. The molecule has 4 rings (SSSR count). The Labute approximate surface area is 186 Å². The number of thiazole rings is 1. The van der Waals surface area contributed by atoms with E-state index in [1.54, 1.807) is 29.8 Å². The molecule has 3 aromatic rings. The highest BCUT2D eigenvalue weighted by molar-refractivity contribution is 9.10. The largest absolute Gasteiger partial charge is 0.383 e. The fraction of sp³-hybridized carbons (Fsp3) is 0.400. The Kier molecular flexibility index (Phi) is 6.94. The van der Waals surface area contributed by atoms with Crippen molar-refractivity contribution in [1.29, 1.82) is 0 Å². The molecule has 3 heterocycles. The van der Waals surface area contributed by atoms with Gasteiger partial charge < -0.3 is 20.7 Å². The Bertz CT molecular complexity index is 1020. The van der Waals surface area contributed by atoms with Crippen LogP contribution in [0.25, 0.3) is 20.8 Å². The van der Waals surface area contributed by atoms with Crippen molar-refractivity contribution in [2.45, 2.75) is 19.4 Å². The van der Waals surface area contributed by atoms with E-state index in [4.69, 9.17) is 9.72 Å². The lowest BCUT2D eigenvalue weighted by atomic mass is 10.0. The van der Waals surface area contributed by atoms with E-state index in [1.165, 1.54) is 10.4 Å². The maximum Gasteiger partial charge on any atom is 0.226 e. The summed E-state index contributed by atoms with van der Waals surface area (Å²) in [5.41, 5.74) is 3.39. The number of carbonyl (C=O) groups excluding carboxylic acids is 1. The molecule has 9 heteroatoms. The molecule has 1 aliphatic heterocycles. The van der Waals surface area contributed by atoms with Crippen molar-refractivity contribution >= 4 is 59.7 Å². The number of benzene rings is 1. The van der Waals surface area contributed by atoms with E-state index >= 15 is 0 Å². The van der Waals surface area contributed by atoms with E-state index in [0.29, 0.717) is 19.6 Å². The van der Waals surface area contributed by atoms with E-state index < -0.39 is 0 Å². The van der Waals surface area contributed by atoms with Crippen molar-refractivity contribution in [3.05, 3.63) is 33.1 Å². The summed E-state index contributed by atoms with van der Waals surface area (Å²) >= 11 is 6.95. The Morgan fingerprint density at radius 2 is 2.24 bits per heavy atom. The summed E-state index contributed by atoms with van der Waals surface area (Å²) in [6, 6.07) is 6.13. The molecule has 0 fully saturated rings. The molecule has 6 nitrogen and oxygen atoms in total. The number of methoxy groups -OCH3 is 1. The molecule has 29 heavy (non-hydrogen) atoms. The van der Waals surface area contributed by atoms with Crippen molar-refractivity contribution in [3.8, 4) is 10.6 Å². The lowest BCUT2D eigenvalue weighted by Gasteiger charge is -2.13. The molecule has 1 aromatic carbocycles. The van der Waals surface area contributed by atoms with Gasteiger partial charge in [0.15, 0.2) is 0 Å². The minimum Gasteiger partial charge on any atom is -0.383 e. The summed E-state index contributed by atoms with van der Waals surface area (Å²) < 4.78 is 7.15. The fourth-order valence-corrected chi connectivity index (χ4v) is 6.32. The number of amides is 1. The maximum absolute atomic E-state index is 12.6. The Morgan fingerprint density at radius 3 is 3.07 bits per heavy atom. The predicted octanol–water partition coefficient (Wildman–Crippen LogP) is 4.00. The summed E-state index contributed by atoms with van der Waals surface area (Å²) in [5, 5.41) is 11.7. The Hall–Kier alpha value is -1.36. The van der Waals surface area contributed by atoms with E-state index in [2.05, 4.69) is 37.9 Å². The molecule has 0 unspecified atom stereocenters. The third kappa shape index (κ3) is 4.70. The summed E-state index contributed by atoms with van der Waals surface area (Å²) in [7, 11) is 1.67. The summed E-state index contributed by atoms with van der Waals surface area (Å²) in [5.74, 6) is 0.0185. The average molecular weight is 495 g/mol. The molecule has 0 saturated heterocycles. The van der Waals surface area contributed by atoms with Gasteiger partial charge in [0.1, 0.15) is 10.0 Å². The first-order chi connectivity index (χ1) is 14.2. The van der Waals surface area contributed by atoms with Gasteiger partial charge in [-0.25, -0.2) is 4.98 Å². The number of fused-ring (bicyclic) bond motifs is 2. The van der Waals surface area contributed by atoms with Crippen LogP contribution in [-0.4, -0.2) is 44.2 Å². The molecule has 0 bridgehead atoms. The van der Waals surface area contributed by atoms with E-state index in [-0.39, 0.29) is 5.91 Å². The summed E-state index contributed by atoms with van der Waals surface area (Å²) in [6.45, 7) is 3.81. The van der Waals surface area contributed by atoms with Crippen LogP contribution in [0.1, 0.15) is 16.9 Å². The lowest BCUT2D eigenvalue weighted by molar-refractivity contribution is -0.116. The normalized spacial score (nSPS) is 13.6. The van der Waals surface area contributed by atoms with Gasteiger partial charge in [0, 0.05) is 48.1 Å². The second-order valence-corrected chi connectivity index (χ2v) is 9.77. The number of carbonyl (C=O) groups is 1. The van der Waals surface area contributed by atoms with Gasteiger partial charge in [-0.15, -0.1) is 22.7 Å². The highest BCUT2D eigenvalue weighted by Crippen LogP contribution is 2.45. The van der Waals surface area contributed by atoms with Gasteiger partial charge in [0.2, 0.25) is 5.91 Å². The third-order valence-electron chi connectivity index (χ3n) is 4.78. The highest BCUT2D eigenvalue weighted by Gasteiger charge is 2.25. The van der Waals surface area contributed by atoms with Crippen LogP contribution in [-0.2, 0) is 22.5 Å². The first-order valence-corrected chi connectivity index (χ1v) is 12.0. The number of aromatic nitrogens is 1. The summed E-state index contributed by atoms with van der Waals surface area (Å²) in [6.07, 6.45) is 1.38. The molecule has 0 radical (unpaired) electrons. The molecule has 0 spiro atoms. The molecular weight excluding hydrogens is 472 g/mol. The highest BCUT2D eigenvalue weighted by atomic mass is 79.9. The van der Waals surface area contributed by atoms with Gasteiger partial charge in [0.25, 0.3) is 0 Å². The lowest BCUT2D eigenvalue weighted by Crippen LogP contribution is -2.24. The quantitative estimate of drug-likeness (QED) is 0.412. The number of ether oxygens (including phenoxy) is 1. The molecule has 1 aliphatic rings. The van der Waals surface area contributed by atoms with E-state index in [9.17, 15) is 4.79 Å². The third-order valence-corrected chi connectivity index (χ3v) is 7.60. The van der Waals surface area contributed by atoms with Crippen molar-refractivity contribution < 1.29 is 9.53 Å². The molecule has 1 amide bonds. The summed E-state index contributed by atoms with van der Waals surface area (Å²) in [4.78, 5) is 18.7. The monoisotopic (exact) mass is 494 g/mol. The standard InChI is InChI=1S/C20H23BrN4O2S2/c1-27-10-9-22-8-6-16(26)24-19-17(12-5-7-23-11-15(12)29-19)20-25-18-13(21)3-2-4-14(18)28-20/h2-4,22-23H,5-11H2,1H3,(H,24,26). The topological polar surface area (TPSA) is 75.3 Å². The number of hydrogen-bond acceptors (Lipinski definition) is 7. The minimum atomic E-state index is 0.0185. The van der Waals surface area contributed by atoms with E-state index in [0.717, 1.165) is 56.3 Å². The zero-order valence-electron chi connectivity index (χ0n) is 16.1.